The summed E-state index contributed by atoms with van der Waals surface area (Å²) in [5.41, 5.74) is 5.44. The van der Waals surface area contributed by atoms with Crippen LogP contribution in [0.5, 0.6) is 5.75 Å². The molecule has 0 radical (unpaired) electrons. The average Bonchev–Trinajstić information content (AvgIpc) is 2.44. The van der Waals surface area contributed by atoms with E-state index in [2.05, 4.69) is 5.32 Å². The van der Waals surface area contributed by atoms with Gasteiger partial charge in [-0.15, -0.1) is 0 Å². The summed E-state index contributed by atoms with van der Waals surface area (Å²) >= 11 is 0. The molecule has 0 saturated carbocycles. The highest BCUT2D eigenvalue weighted by Gasteiger charge is 2.21. The third-order valence-corrected chi connectivity index (χ3v) is 2.85. The van der Waals surface area contributed by atoms with E-state index in [4.69, 9.17) is 15.6 Å². The molecule has 1 aromatic rings. The molecule has 22 heavy (non-hydrogen) atoms. The van der Waals surface area contributed by atoms with E-state index in [1.54, 1.807) is 0 Å². The van der Waals surface area contributed by atoms with E-state index >= 15 is 0 Å². The van der Waals surface area contributed by atoms with E-state index in [0.29, 0.717) is 17.7 Å². The Bertz CT molecular complexity index is 539. The van der Waals surface area contributed by atoms with Crippen LogP contribution in [0.1, 0.15) is 30.6 Å². The maximum atomic E-state index is 11.7. The molecule has 0 unspecified atom stereocenters. The number of carboxylic acids is 1. The zero-order valence-electron chi connectivity index (χ0n) is 12.5. The maximum Gasteiger partial charge on any atom is 0.326 e. The van der Waals surface area contributed by atoms with Gasteiger partial charge in [-0.05, 0) is 36.6 Å². The second-order valence-corrected chi connectivity index (χ2v) is 5.27. The molecule has 0 aliphatic carbocycles. The number of ether oxygens (including phenoxy) is 1. The Hall–Kier alpha value is -2.57. The summed E-state index contributed by atoms with van der Waals surface area (Å²) in [6.07, 6.45) is 0.342. The molecule has 4 N–H and O–H groups in total. The molecule has 1 aromatic carbocycles. The molecule has 0 spiro atoms. The Morgan fingerprint density at radius 2 is 1.82 bits per heavy atom. The molecule has 0 heterocycles. The predicted molar refractivity (Wildman–Crippen MR) is 79.5 cm³/mol. The number of carboxylic acid groups (broad SMARTS) is 1. The topological polar surface area (TPSA) is 119 Å². The van der Waals surface area contributed by atoms with Gasteiger partial charge < -0.3 is 20.9 Å². The van der Waals surface area contributed by atoms with Crippen LogP contribution in [0.15, 0.2) is 24.3 Å². The first kappa shape index (κ1) is 17.5. The number of hydrogen-bond acceptors (Lipinski definition) is 4. The van der Waals surface area contributed by atoms with Gasteiger partial charge in [-0.2, -0.15) is 0 Å². The standard InChI is InChI=1S/C15H20N2O5/c1-9(2)7-12(15(20)21)17-13(18)8-22-11-5-3-10(4-6-11)14(16)19/h3-6,9,12H,7-8H2,1-2H3,(H2,16,19)(H,17,18)(H,20,21)/t12-/m0/s1. The minimum absolute atomic E-state index is 0.142. The van der Waals surface area contributed by atoms with Gasteiger partial charge in [0, 0.05) is 5.56 Å². The van der Waals surface area contributed by atoms with Crippen LogP contribution >= 0.6 is 0 Å². The summed E-state index contributed by atoms with van der Waals surface area (Å²) in [4.78, 5) is 33.7. The van der Waals surface area contributed by atoms with Crippen LogP contribution in [-0.2, 0) is 9.59 Å². The Labute approximate surface area is 128 Å². The van der Waals surface area contributed by atoms with Crippen molar-refractivity contribution in [2.24, 2.45) is 11.7 Å². The minimum Gasteiger partial charge on any atom is -0.484 e. The fourth-order valence-electron chi connectivity index (χ4n) is 1.79. The van der Waals surface area contributed by atoms with Crippen LogP contribution in [-0.4, -0.2) is 35.5 Å². The first-order chi connectivity index (χ1) is 10.3. The quantitative estimate of drug-likeness (QED) is 0.655. The molecule has 120 valence electrons. The van der Waals surface area contributed by atoms with Gasteiger partial charge in [0.05, 0.1) is 0 Å². The third-order valence-electron chi connectivity index (χ3n) is 2.85. The maximum absolute atomic E-state index is 11.7. The van der Waals surface area contributed by atoms with Gasteiger partial charge in [-0.1, -0.05) is 13.8 Å². The molecule has 0 bridgehead atoms. The minimum atomic E-state index is -1.08. The van der Waals surface area contributed by atoms with Gasteiger partial charge in [-0.25, -0.2) is 4.79 Å². The number of carbonyl (C=O) groups is 3. The second-order valence-electron chi connectivity index (χ2n) is 5.27. The van der Waals surface area contributed by atoms with E-state index in [1.807, 2.05) is 13.8 Å². The van der Waals surface area contributed by atoms with E-state index < -0.39 is 23.8 Å². The van der Waals surface area contributed by atoms with Crippen molar-refractivity contribution in [3.8, 4) is 5.75 Å². The van der Waals surface area contributed by atoms with E-state index in [9.17, 15) is 14.4 Å². The zero-order valence-corrected chi connectivity index (χ0v) is 12.5. The number of amides is 2. The lowest BCUT2D eigenvalue weighted by molar-refractivity contribution is -0.142. The molecule has 0 aliphatic heterocycles. The van der Waals surface area contributed by atoms with Crippen molar-refractivity contribution < 1.29 is 24.2 Å². The van der Waals surface area contributed by atoms with Gasteiger partial charge in [-0.3, -0.25) is 9.59 Å². The summed E-state index contributed by atoms with van der Waals surface area (Å²) in [5.74, 6) is -1.62. The number of benzene rings is 1. The van der Waals surface area contributed by atoms with Crippen molar-refractivity contribution in [1.82, 2.24) is 5.32 Å². The molecule has 1 atom stereocenters. The summed E-state index contributed by atoms with van der Waals surface area (Å²) in [5, 5.41) is 11.4. The summed E-state index contributed by atoms with van der Waals surface area (Å²) in [6, 6.07) is 5.04. The number of nitrogens with two attached hydrogens (primary N) is 1. The van der Waals surface area contributed by atoms with Gasteiger partial charge in [0.15, 0.2) is 6.61 Å². The molecule has 0 aromatic heterocycles. The second kappa shape index (κ2) is 8.02. The number of carbonyl (C=O) groups excluding carboxylic acids is 2. The summed E-state index contributed by atoms with van der Waals surface area (Å²) in [6.45, 7) is 3.44. The monoisotopic (exact) mass is 308 g/mol. The van der Waals surface area contributed by atoms with Gasteiger partial charge >= 0.3 is 5.97 Å². The lowest BCUT2D eigenvalue weighted by atomic mass is 10.0. The Morgan fingerprint density at radius 3 is 2.27 bits per heavy atom. The number of nitrogens with one attached hydrogen (secondary N) is 1. The third kappa shape index (κ3) is 5.82. The largest absolute Gasteiger partial charge is 0.484 e. The molecule has 2 amide bonds. The van der Waals surface area contributed by atoms with Gasteiger partial charge in [0.25, 0.3) is 5.91 Å². The predicted octanol–water partition coefficient (Wildman–Crippen LogP) is 0.780. The molecular weight excluding hydrogens is 288 g/mol. The molecule has 0 fully saturated rings. The first-order valence-electron chi connectivity index (χ1n) is 6.84. The Morgan fingerprint density at radius 1 is 1.23 bits per heavy atom. The molecule has 0 aliphatic rings. The van der Waals surface area contributed by atoms with Crippen molar-refractivity contribution in [2.75, 3.05) is 6.61 Å². The SMILES string of the molecule is CC(C)C[C@H](NC(=O)COc1ccc(C(N)=O)cc1)C(=O)O. The van der Waals surface area contributed by atoms with Crippen LogP contribution in [0.4, 0.5) is 0 Å². The molecule has 7 heteroatoms. The fraction of sp³-hybridized carbons (Fsp3) is 0.400. The van der Waals surface area contributed by atoms with E-state index in [0.717, 1.165) is 0 Å². The summed E-state index contributed by atoms with van der Waals surface area (Å²) < 4.78 is 5.23. The zero-order chi connectivity index (χ0) is 16.7. The van der Waals surface area contributed by atoms with Gasteiger partial charge in [0.1, 0.15) is 11.8 Å². The van der Waals surface area contributed by atoms with Crippen LogP contribution in [0.2, 0.25) is 0 Å². The number of rotatable bonds is 8. The van der Waals surface area contributed by atoms with Crippen molar-refractivity contribution in [3.63, 3.8) is 0 Å². The number of hydrogen-bond donors (Lipinski definition) is 3. The molecule has 7 nitrogen and oxygen atoms in total. The van der Waals surface area contributed by atoms with Crippen molar-refractivity contribution in [1.29, 1.82) is 0 Å². The molecule has 0 saturated heterocycles. The van der Waals surface area contributed by atoms with E-state index in [-0.39, 0.29) is 12.5 Å². The molecular formula is C15H20N2O5. The van der Waals surface area contributed by atoms with Crippen LogP contribution < -0.4 is 15.8 Å². The first-order valence-corrected chi connectivity index (χ1v) is 6.84. The average molecular weight is 308 g/mol. The fourth-order valence-corrected chi connectivity index (χ4v) is 1.79. The summed E-state index contributed by atoms with van der Waals surface area (Å²) in [7, 11) is 0. The van der Waals surface area contributed by atoms with Crippen LogP contribution in [0, 0.1) is 5.92 Å². The molecule has 1 rings (SSSR count). The van der Waals surface area contributed by atoms with Crippen LogP contribution in [0.3, 0.4) is 0 Å². The Balaban J connectivity index is 2.51. The lowest BCUT2D eigenvalue weighted by Gasteiger charge is -2.16. The smallest absolute Gasteiger partial charge is 0.326 e. The highest BCUT2D eigenvalue weighted by molar-refractivity contribution is 5.92. The van der Waals surface area contributed by atoms with Crippen molar-refractivity contribution >= 4 is 17.8 Å². The van der Waals surface area contributed by atoms with Crippen molar-refractivity contribution in [3.05, 3.63) is 29.8 Å². The normalized spacial score (nSPS) is 11.8. The lowest BCUT2D eigenvalue weighted by Crippen LogP contribution is -2.43. The highest BCUT2D eigenvalue weighted by Crippen LogP contribution is 2.11. The van der Waals surface area contributed by atoms with E-state index in [1.165, 1.54) is 24.3 Å². The number of primary amides is 1. The van der Waals surface area contributed by atoms with Crippen molar-refractivity contribution in [2.45, 2.75) is 26.3 Å². The van der Waals surface area contributed by atoms with Gasteiger partial charge in [0.2, 0.25) is 5.91 Å². The Kier molecular flexibility index (Phi) is 6.37. The highest BCUT2D eigenvalue weighted by atomic mass is 16.5. The van der Waals surface area contributed by atoms with Crippen LogP contribution in [0.25, 0.3) is 0 Å². The number of aliphatic carboxylic acids is 1.